The first kappa shape index (κ1) is 9.79. The van der Waals surface area contributed by atoms with E-state index in [1.165, 1.54) is 38.5 Å². The van der Waals surface area contributed by atoms with Crippen molar-refractivity contribution in [2.75, 3.05) is 19.1 Å². The summed E-state index contributed by atoms with van der Waals surface area (Å²) in [5.74, 6) is 1.75. The zero-order chi connectivity index (χ0) is 9.15. The highest BCUT2D eigenvalue weighted by molar-refractivity contribution is 6.18. The molecule has 0 aromatic rings. The average molecular weight is 203 g/mol. The Balaban J connectivity index is 2.03. The van der Waals surface area contributed by atoms with Crippen LogP contribution >= 0.6 is 11.6 Å². The number of halogens is 1. The summed E-state index contributed by atoms with van der Waals surface area (Å²) in [4.78, 5) is 0. The molecule has 2 rings (SSSR count). The number of alkyl halides is 1. The van der Waals surface area contributed by atoms with Crippen molar-refractivity contribution in [1.82, 2.24) is 0 Å². The SMILES string of the molecule is ClCC1(C2CCCC2)CCOCC1. The Kier molecular flexibility index (Phi) is 3.15. The van der Waals surface area contributed by atoms with Crippen molar-refractivity contribution in [3.8, 4) is 0 Å². The summed E-state index contributed by atoms with van der Waals surface area (Å²) in [7, 11) is 0. The van der Waals surface area contributed by atoms with Crippen LogP contribution in [-0.2, 0) is 4.74 Å². The minimum atomic E-state index is 0.441. The lowest BCUT2D eigenvalue weighted by Crippen LogP contribution is -2.37. The number of ether oxygens (including phenoxy) is 1. The van der Waals surface area contributed by atoms with Crippen molar-refractivity contribution in [3.63, 3.8) is 0 Å². The summed E-state index contributed by atoms with van der Waals surface area (Å²) in [6.07, 6.45) is 8.05. The van der Waals surface area contributed by atoms with Crippen LogP contribution in [-0.4, -0.2) is 19.1 Å². The first-order chi connectivity index (χ1) is 6.37. The monoisotopic (exact) mass is 202 g/mol. The van der Waals surface area contributed by atoms with Gasteiger partial charge in [-0.2, -0.15) is 0 Å². The van der Waals surface area contributed by atoms with Crippen molar-refractivity contribution in [3.05, 3.63) is 0 Å². The van der Waals surface area contributed by atoms with Crippen LogP contribution in [0.15, 0.2) is 0 Å². The van der Waals surface area contributed by atoms with Gasteiger partial charge in [0.1, 0.15) is 0 Å². The van der Waals surface area contributed by atoms with Gasteiger partial charge in [0.2, 0.25) is 0 Å². The van der Waals surface area contributed by atoms with Gasteiger partial charge in [-0.15, -0.1) is 11.6 Å². The number of rotatable bonds is 2. The van der Waals surface area contributed by atoms with Gasteiger partial charge in [-0.05, 0) is 37.0 Å². The molecule has 2 aliphatic rings. The first-order valence-electron chi connectivity index (χ1n) is 5.51. The van der Waals surface area contributed by atoms with E-state index in [0.29, 0.717) is 5.41 Å². The lowest BCUT2D eigenvalue weighted by molar-refractivity contribution is -0.00421. The molecular weight excluding hydrogens is 184 g/mol. The molecule has 0 aromatic heterocycles. The van der Waals surface area contributed by atoms with Crippen LogP contribution in [0.4, 0.5) is 0 Å². The molecule has 2 heteroatoms. The van der Waals surface area contributed by atoms with Gasteiger partial charge in [0.25, 0.3) is 0 Å². The molecule has 0 amide bonds. The Morgan fingerprint density at radius 2 is 1.77 bits per heavy atom. The lowest BCUT2D eigenvalue weighted by atomic mass is 9.70. The van der Waals surface area contributed by atoms with Gasteiger partial charge in [-0.25, -0.2) is 0 Å². The van der Waals surface area contributed by atoms with E-state index in [1.807, 2.05) is 0 Å². The molecule has 0 aromatic carbocycles. The standard InChI is InChI=1S/C11H19ClO/c12-9-11(5-7-13-8-6-11)10-3-1-2-4-10/h10H,1-9H2. The zero-order valence-electron chi connectivity index (χ0n) is 8.23. The highest BCUT2D eigenvalue weighted by atomic mass is 35.5. The van der Waals surface area contributed by atoms with Crippen LogP contribution < -0.4 is 0 Å². The Morgan fingerprint density at radius 1 is 1.15 bits per heavy atom. The fourth-order valence-corrected chi connectivity index (χ4v) is 3.45. The summed E-state index contributed by atoms with van der Waals surface area (Å²) < 4.78 is 5.43. The molecule has 0 unspecified atom stereocenters. The predicted octanol–water partition coefficient (Wildman–Crippen LogP) is 3.21. The van der Waals surface area contributed by atoms with Gasteiger partial charge in [-0.3, -0.25) is 0 Å². The lowest BCUT2D eigenvalue weighted by Gasteiger charge is -2.40. The second-order valence-electron chi connectivity index (χ2n) is 4.59. The topological polar surface area (TPSA) is 9.23 Å². The molecule has 1 saturated heterocycles. The maximum atomic E-state index is 6.16. The van der Waals surface area contributed by atoms with E-state index >= 15 is 0 Å². The van der Waals surface area contributed by atoms with E-state index in [1.54, 1.807) is 0 Å². The smallest absolute Gasteiger partial charge is 0.0471 e. The summed E-state index contributed by atoms with van der Waals surface area (Å²) >= 11 is 6.16. The summed E-state index contributed by atoms with van der Waals surface area (Å²) in [6, 6.07) is 0. The summed E-state index contributed by atoms with van der Waals surface area (Å²) in [5.41, 5.74) is 0.441. The van der Waals surface area contributed by atoms with Gasteiger partial charge in [0.15, 0.2) is 0 Å². The molecule has 1 nitrogen and oxygen atoms in total. The fraction of sp³-hybridized carbons (Fsp3) is 1.00. The molecule has 1 heterocycles. The molecule has 0 bridgehead atoms. The van der Waals surface area contributed by atoms with Crippen molar-refractivity contribution in [2.45, 2.75) is 38.5 Å². The van der Waals surface area contributed by atoms with Gasteiger partial charge in [0, 0.05) is 19.1 Å². The quantitative estimate of drug-likeness (QED) is 0.625. The third-order valence-electron chi connectivity index (χ3n) is 3.98. The van der Waals surface area contributed by atoms with E-state index in [9.17, 15) is 0 Å². The van der Waals surface area contributed by atoms with E-state index in [0.717, 1.165) is 25.0 Å². The molecule has 1 saturated carbocycles. The average Bonchev–Trinajstić information content (AvgIpc) is 2.72. The molecule has 0 spiro atoms. The van der Waals surface area contributed by atoms with E-state index in [4.69, 9.17) is 16.3 Å². The van der Waals surface area contributed by atoms with Gasteiger partial charge >= 0.3 is 0 Å². The predicted molar refractivity (Wildman–Crippen MR) is 55.2 cm³/mol. The molecule has 2 fully saturated rings. The third-order valence-corrected chi connectivity index (χ3v) is 4.51. The second-order valence-corrected chi connectivity index (χ2v) is 4.86. The van der Waals surface area contributed by atoms with Gasteiger partial charge < -0.3 is 4.74 Å². The molecule has 0 atom stereocenters. The highest BCUT2D eigenvalue weighted by Gasteiger charge is 2.40. The van der Waals surface area contributed by atoms with Crippen LogP contribution in [0.5, 0.6) is 0 Å². The van der Waals surface area contributed by atoms with Crippen LogP contribution in [0.2, 0.25) is 0 Å². The largest absolute Gasteiger partial charge is 0.381 e. The van der Waals surface area contributed by atoms with Gasteiger partial charge in [-0.1, -0.05) is 12.8 Å². The van der Waals surface area contributed by atoms with Crippen LogP contribution in [0.3, 0.4) is 0 Å². The van der Waals surface area contributed by atoms with Crippen molar-refractivity contribution in [1.29, 1.82) is 0 Å². The highest BCUT2D eigenvalue weighted by Crippen LogP contribution is 2.47. The molecule has 0 N–H and O–H groups in total. The first-order valence-corrected chi connectivity index (χ1v) is 6.04. The van der Waals surface area contributed by atoms with E-state index in [2.05, 4.69) is 0 Å². The van der Waals surface area contributed by atoms with Crippen LogP contribution in [0, 0.1) is 11.3 Å². The molecule has 0 radical (unpaired) electrons. The summed E-state index contributed by atoms with van der Waals surface area (Å²) in [6.45, 7) is 1.87. The minimum absolute atomic E-state index is 0.441. The third kappa shape index (κ3) is 1.87. The zero-order valence-corrected chi connectivity index (χ0v) is 8.98. The maximum Gasteiger partial charge on any atom is 0.0471 e. The van der Waals surface area contributed by atoms with Crippen LogP contribution in [0.25, 0.3) is 0 Å². The molecule has 1 aliphatic carbocycles. The van der Waals surface area contributed by atoms with E-state index in [-0.39, 0.29) is 0 Å². The van der Waals surface area contributed by atoms with Crippen molar-refractivity contribution < 1.29 is 4.74 Å². The Morgan fingerprint density at radius 3 is 2.31 bits per heavy atom. The molecule has 76 valence electrons. The second kappa shape index (κ2) is 4.18. The number of hydrogen-bond acceptors (Lipinski definition) is 1. The summed E-state index contributed by atoms with van der Waals surface area (Å²) in [5, 5.41) is 0. The molecule has 1 aliphatic heterocycles. The fourth-order valence-electron chi connectivity index (χ4n) is 2.97. The normalized spacial score (nSPS) is 29.3. The van der Waals surface area contributed by atoms with E-state index < -0.39 is 0 Å². The van der Waals surface area contributed by atoms with Crippen LogP contribution in [0.1, 0.15) is 38.5 Å². The Bertz CT molecular complexity index is 157. The number of hydrogen-bond donors (Lipinski definition) is 0. The molecule has 13 heavy (non-hydrogen) atoms. The van der Waals surface area contributed by atoms with Gasteiger partial charge in [0.05, 0.1) is 0 Å². The van der Waals surface area contributed by atoms with Crippen molar-refractivity contribution in [2.24, 2.45) is 11.3 Å². The van der Waals surface area contributed by atoms with Crippen molar-refractivity contribution >= 4 is 11.6 Å². The Labute approximate surface area is 85.8 Å². The Hall–Kier alpha value is 0.250. The maximum absolute atomic E-state index is 6.16. The molecular formula is C11H19ClO. The minimum Gasteiger partial charge on any atom is -0.381 e.